The lowest BCUT2D eigenvalue weighted by molar-refractivity contribution is -0.116. The number of para-hydroxylation sites is 1. The summed E-state index contributed by atoms with van der Waals surface area (Å²) in [4.78, 5) is 27.5. The number of unbranched alkanes of at least 4 members (excludes halogenated alkanes) is 1. The fourth-order valence-corrected chi connectivity index (χ4v) is 3.47. The van der Waals surface area contributed by atoms with Crippen LogP contribution in [0.4, 0.5) is 16.3 Å². The van der Waals surface area contributed by atoms with E-state index in [0.717, 1.165) is 29.8 Å². The van der Waals surface area contributed by atoms with Gasteiger partial charge in [0.1, 0.15) is 12.4 Å². The molecule has 2 aromatic carbocycles. The lowest BCUT2D eigenvalue weighted by Crippen LogP contribution is -2.41. The maximum absolute atomic E-state index is 13.1. The van der Waals surface area contributed by atoms with Crippen LogP contribution < -0.4 is 10.6 Å². The largest absolute Gasteiger partial charge is 0.322 e. The number of benzene rings is 2. The van der Waals surface area contributed by atoms with Crippen molar-refractivity contribution < 1.29 is 9.59 Å². The number of anilines is 2. The highest BCUT2D eigenvalue weighted by Gasteiger charge is 2.23. The molecule has 0 aliphatic rings. The summed E-state index contributed by atoms with van der Waals surface area (Å²) >= 11 is 0. The fourth-order valence-electron chi connectivity index (χ4n) is 3.47. The van der Waals surface area contributed by atoms with Crippen molar-refractivity contribution >= 4 is 23.4 Å². The molecule has 0 fully saturated rings. The number of aryl methyl sites for hydroxylation is 1. The SMILES string of the molecule is CCCCN(CC(=O)Nc1cc(C(C)(C)C)nn1-c1cccc(C)c1)C(=O)Nc1ccccc1. The molecule has 180 valence electrons. The number of hydrogen-bond donors (Lipinski definition) is 2. The Morgan fingerprint density at radius 2 is 1.74 bits per heavy atom. The standard InChI is InChI=1S/C27H35N5O2/c1-6-7-16-31(26(34)28-21-13-9-8-10-14-21)19-25(33)29-24-18-23(27(3,4)5)30-32(24)22-15-11-12-20(2)17-22/h8-15,17-18H,6-7,16,19H2,1-5H3,(H,28,34)(H,29,33). The average Bonchev–Trinajstić information content (AvgIpc) is 3.21. The Morgan fingerprint density at radius 3 is 2.38 bits per heavy atom. The molecule has 1 aromatic heterocycles. The first-order valence-electron chi connectivity index (χ1n) is 11.8. The van der Waals surface area contributed by atoms with Gasteiger partial charge in [0.25, 0.3) is 0 Å². The van der Waals surface area contributed by atoms with Gasteiger partial charge >= 0.3 is 6.03 Å². The van der Waals surface area contributed by atoms with Crippen LogP contribution >= 0.6 is 0 Å². The molecule has 7 heteroatoms. The zero-order valence-corrected chi connectivity index (χ0v) is 20.8. The van der Waals surface area contributed by atoms with Gasteiger partial charge in [0, 0.05) is 23.7 Å². The van der Waals surface area contributed by atoms with E-state index in [1.807, 2.05) is 67.6 Å². The quantitative estimate of drug-likeness (QED) is 0.448. The van der Waals surface area contributed by atoms with E-state index in [1.54, 1.807) is 9.58 Å². The van der Waals surface area contributed by atoms with Crippen molar-refractivity contribution in [2.45, 2.75) is 52.9 Å². The summed E-state index contributed by atoms with van der Waals surface area (Å²) < 4.78 is 1.76. The second kappa shape index (κ2) is 11.0. The highest BCUT2D eigenvalue weighted by molar-refractivity contribution is 5.96. The molecule has 1 heterocycles. The predicted molar refractivity (Wildman–Crippen MR) is 138 cm³/mol. The van der Waals surface area contributed by atoms with Crippen LogP contribution in [0.5, 0.6) is 0 Å². The first kappa shape index (κ1) is 25.0. The number of carbonyl (C=O) groups excluding carboxylic acids is 2. The molecule has 0 aliphatic carbocycles. The molecule has 2 N–H and O–H groups in total. The van der Waals surface area contributed by atoms with Crippen molar-refractivity contribution in [3.8, 4) is 5.69 Å². The smallest absolute Gasteiger partial charge is 0.315 e. The molecular formula is C27H35N5O2. The summed E-state index contributed by atoms with van der Waals surface area (Å²) in [5, 5.41) is 10.6. The van der Waals surface area contributed by atoms with E-state index in [0.29, 0.717) is 18.1 Å². The number of aromatic nitrogens is 2. The van der Waals surface area contributed by atoms with Crippen LogP contribution in [-0.2, 0) is 10.2 Å². The molecule has 0 spiro atoms. The van der Waals surface area contributed by atoms with Gasteiger partial charge < -0.3 is 15.5 Å². The van der Waals surface area contributed by atoms with Crippen LogP contribution in [0.3, 0.4) is 0 Å². The average molecular weight is 462 g/mol. The minimum absolute atomic E-state index is 0.0531. The summed E-state index contributed by atoms with van der Waals surface area (Å²) in [6.45, 7) is 10.8. The van der Waals surface area contributed by atoms with Crippen molar-refractivity contribution in [3.63, 3.8) is 0 Å². The van der Waals surface area contributed by atoms with Crippen molar-refractivity contribution in [1.82, 2.24) is 14.7 Å². The second-order valence-corrected chi connectivity index (χ2v) is 9.54. The number of nitrogens with one attached hydrogen (secondary N) is 2. The molecule has 0 atom stereocenters. The highest BCUT2D eigenvalue weighted by atomic mass is 16.2. The van der Waals surface area contributed by atoms with Gasteiger partial charge in [-0.25, -0.2) is 9.48 Å². The first-order chi connectivity index (χ1) is 16.2. The van der Waals surface area contributed by atoms with E-state index in [2.05, 4.69) is 38.3 Å². The molecule has 3 rings (SSSR count). The molecule has 0 bridgehead atoms. The van der Waals surface area contributed by atoms with Crippen molar-refractivity contribution in [2.24, 2.45) is 0 Å². The van der Waals surface area contributed by atoms with Gasteiger partial charge in [-0.05, 0) is 43.2 Å². The summed E-state index contributed by atoms with van der Waals surface area (Å²) in [6.07, 6.45) is 1.73. The number of rotatable bonds is 8. The molecule has 0 unspecified atom stereocenters. The summed E-state index contributed by atoms with van der Waals surface area (Å²) in [7, 11) is 0. The second-order valence-electron chi connectivity index (χ2n) is 9.54. The monoisotopic (exact) mass is 461 g/mol. The summed E-state index contributed by atoms with van der Waals surface area (Å²) in [5.74, 6) is 0.313. The minimum Gasteiger partial charge on any atom is -0.315 e. The van der Waals surface area contributed by atoms with Crippen LogP contribution in [0.15, 0.2) is 60.7 Å². The van der Waals surface area contributed by atoms with E-state index in [4.69, 9.17) is 5.10 Å². The number of amides is 3. The zero-order valence-electron chi connectivity index (χ0n) is 20.8. The Balaban J connectivity index is 1.80. The zero-order chi connectivity index (χ0) is 24.7. The van der Waals surface area contributed by atoms with Gasteiger partial charge in [0.15, 0.2) is 0 Å². The van der Waals surface area contributed by atoms with E-state index in [-0.39, 0.29) is 23.9 Å². The van der Waals surface area contributed by atoms with Crippen molar-refractivity contribution in [1.29, 1.82) is 0 Å². The number of hydrogen-bond acceptors (Lipinski definition) is 3. The molecule has 0 radical (unpaired) electrons. The van der Waals surface area contributed by atoms with Gasteiger partial charge in [-0.1, -0.05) is 64.4 Å². The molecule has 7 nitrogen and oxygen atoms in total. The van der Waals surface area contributed by atoms with Gasteiger partial charge in [-0.3, -0.25) is 4.79 Å². The maximum Gasteiger partial charge on any atom is 0.322 e. The Labute approximate surface area is 202 Å². The van der Waals surface area contributed by atoms with Gasteiger partial charge in [-0.2, -0.15) is 5.10 Å². The van der Waals surface area contributed by atoms with Gasteiger partial charge in [0.05, 0.1) is 11.4 Å². The predicted octanol–water partition coefficient (Wildman–Crippen LogP) is 5.75. The maximum atomic E-state index is 13.1. The topological polar surface area (TPSA) is 79.3 Å². The fraction of sp³-hybridized carbons (Fsp3) is 0.370. The lowest BCUT2D eigenvalue weighted by atomic mass is 9.92. The van der Waals surface area contributed by atoms with E-state index in [9.17, 15) is 9.59 Å². The molecule has 34 heavy (non-hydrogen) atoms. The van der Waals surface area contributed by atoms with Crippen LogP contribution in [0.25, 0.3) is 5.69 Å². The Bertz CT molecular complexity index is 1120. The third-order valence-corrected chi connectivity index (χ3v) is 5.42. The van der Waals surface area contributed by atoms with Gasteiger partial charge in [-0.15, -0.1) is 0 Å². The van der Waals surface area contributed by atoms with Crippen LogP contribution in [0.1, 0.15) is 51.8 Å². The van der Waals surface area contributed by atoms with E-state index in [1.165, 1.54) is 0 Å². The van der Waals surface area contributed by atoms with Crippen LogP contribution in [0.2, 0.25) is 0 Å². The summed E-state index contributed by atoms with van der Waals surface area (Å²) in [6, 6.07) is 18.8. The molecule has 0 aliphatic heterocycles. The summed E-state index contributed by atoms with van der Waals surface area (Å²) in [5.41, 5.74) is 3.36. The van der Waals surface area contributed by atoms with E-state index < -0.39 is 0 Å². The number of carbonyl (C=O) groups is 2. The van der Waals surface area contributed by atoms with E-state index >= 15 is 0 Å². The minimum atomic E-state index is -0.294. The Hall–Kier alpha value is -3.61. The normalized spacial score (nSPS) is 11.2. The highest BCUT2D eigenvalue weighted by Crippen LogP contribution is 2.26. The molecule has 0 saturated carbocycles. The molecule has 3 aromatic rings. The van der Waals surface area contributed by atoms with Crippen LogP contribution in [-0.4, -0.2) is 39.7 Å². The van der Waals surface area contributed by atoms with Crippen LogP contribution in [0, 0.1) is 6.92 Å². The van der Waals surface area contributed by atoms with Crippen molar-refractivity contribution in [2.75, 3.05) is 23.7 Å². The van der Waals surface area contributed by atoms with Crippen molar-refractivity contribution in [3.05, 3.63) is 71.9 Å². The van der Waals surface area contributed by atoms with Gasteiger partial charge in [0.2, 0.25) is 5.91 Å². The molecular weight excluding hydrogens is 426 g/mol. The third kappa shape index (κ3) is 6.70. The first-order valence-corrected chi connectivity index (χ1v) is 11.8. The number of urea groups is 1. The Morgan fingerprint density at radius 1 is 1.00 bits per heavy atom. The number of nitrogens with zero attached hydrogens (tertiary/aromatic N) is 3. The molecule has 3 amide bonds. The lowest BCUT2D eigenvalue weighted by Gasteiger charge is -2.22. The third-order valence-electron chi connectivity index (χ3n) is 5.42. The Kier molecular flexibility index (Phi) is 8.10. The molecule has 0 saturated heterocycles.